The predicted octanol–water partition coefficient (Wildman–Crippen LogP) is 3.09. The van der Waals surface area contributed by atoms with Gasteiger partial charge in [0, 0.05) is 42.9 Å². The largest absolute Gasteiger partial charge is 0.350 e. The van der Waals surface area contributed by atoms with E-state index in [2.05, 4.69) is 51.8 Å². The maximum absolute atomic E-state index is 12.1. The number of rotatable bonds is 3. The lowest BCUT2D eigenvalue weighted by molar-refractivity contribution is -0.120. The molecule has 0 unspecified atom stereocenters. The summed E-state index contributed by atoms with van der Waals surface area (Å²) in [5.41, 5.74) is 2.40. The fourth-order valence-electron chi connectivity index (χ4n) is 4.21. The molecule has 1 atom stereocenters. The van der Waals surface area contributed by atoms with Crippen LogP contribution in [-0.2, 0) is 11.3 Å². The predicted molar refractivity (Wildman–Crippen MR) is 96.0 cm³/mol. The third kappa shape index (κ3) is 2.98. The number of carbonyl (C=O) groups is 1. The number of nitrogens with zero attached hydrogens (tertiary/aromatic N) is 2. The van der Waals surface area contributed by atoms with Crippen molar-refractivity contribution in [1.82, 2.24) is 15.2 Å². The number of likely N-dealkylation sites (tertiary alicyclic amines) is 1. The quantitative estimate of drug-likeness (QED) is 0.933. The monoisotopic (exact) mass is 341 g/mol. The molecule has 4 nitrogen and oxygen atoms in total. The molecule has 2 fully saturated rings. The van der Waals surface area contributed by atoms with Gasteiger partial charge in [0.1, 0.15) is 0 Å². The topological polar surface area (TPSA) is 45.2 Å². The SMILES string of the molecule is Cc1nc(CN2CCC3(CC2)NC(=O)C[C@@H]3c2ccccc2)cs1. The van der Waals surface area contributed by atoms with Gasteiger partial charge in [-0.25, -0.2) is 4.98 Å². The van der Waals surface area contributed by atoms with Crippen LogP contribution in [0, 0.1) is 6.92 Å². The molecule has 3 heterocycles. The summed E-state index contributed by atoms with van der Waals surface area (Å²) in [6, 6.07) is 10.5. The lowest BCUT2D eigenvalue weighted by atomic mass is 9.74. The molecular formula is C19H23N3OS. The molecule has 4 rings (SSSR count). The highest BCUT2D eigenvalue weighted by molar-refractivity contribution is 7.09. The van der Waals surface area contributed by atoms with Crippen molar-refractivity contribution in [3.05, 3.63) is 52.0 Å². The molecule has 1 aromatic heterocycles. The van der Waals surface area contributed by atoms with E-state index in [9.17, 15) is 4.79 Å². The molecule has 0 saturated carbocycles. The molecule has 5 heteroatoms. The van der Waals surface area contributed by atoms with Gasteiger partial charge in [0.25, 0.3) is 0 Å². The molecule has 1 amide bonds. The summed E-state index contributed by atoms with van der Waals surface area (Å²) < 4.78 is 0. The minimum atomic E-state index is -0.0626. The van der Waals surface area contributed by atoms with E-state index >= 15 is 0 Å². The van der Waals surface area contributed by atoms with Crippen molar-refractivity contribution in [1.29, 1.82) is 0 Å². The number of piperidine rings is 1. The lowest BCUT2D eigenvalue weighted by Crippen LogP contribution is -2.53. The van der Waals surface area contributed by atoms with Crippen LogP contribution in [-0.4, -0.2) is 34.4 Å². The van der Waals surface area contributed by atoms with Gasteiger partial charge in [0.2, 0.25) is 5.91 Å². The molecule has 2 aromatic rings. The Hall–Kier alpha value is -1.72. The van der Waals surface area contributed by atoms with Crippen molar-refractivity contribution >= 4 is 17.2 Å². The molecule has 1 N–H and O–H groups in total. The number of aromatic nitrogens is 1. The van der Waals surface area contributed by atoms with Crippen molar-refractivity contribution in [2.75, 3.05) is 13.1 Å². The highest BCUT2D eigenvalue weighted by Gasteiger charge is 2.48. The summed E-state index contributed by atoms with van der Waals surface area (Å²) in [5.74, 6) is 0.502. The van der Waals surface area contributed by atoms with Crippen LogP contribution in [0.4, 0.5) is 0 Å². The Morgan fingerprint density at radius 1 is 1.29 bits per heavy atom. The van der Waals surface area contributed by atoms with Crippen LogP contribution in [0.3, 0.4) is 0 Å². The normalized spacial score (nSPS) is 23.5. The molecule has 0 radical (unpaired) electrons. The average Bonchev–Trinajstić information content (AvgIpc) is 3.14. The van der Waals surface area contributed by atoms with Crippen LogP contribution < -0.4 is 5.32 Å². The van der Waals surface area contributed by atoms with Crippen LogP contribution in [0.15, 0.2) is 35.7 Å². The lowest BCUT2D eigenvalue weighted by Gasteiger charge is -2.42. The van der Waals surface area contributed by atoms with Gasteiger partial charge >= 0.3 is 0 Å². The summed E-state index contributed by atoms with van der Waals surface area (Å²) in [6.07, 6.45) is 2.65. The highest BCUT2D eigenvalue weighted by Crippen LogP contribution is 2.43. The number of aryl methyl sites for hydroxylation is 1. The van der Waals surface area contributed by atoms with Crippen molar-refractivity contribution in [2.45, 2.75) is 44.2 Å². The molecular weight excluding hydrogens is 318 g/mol. The zero-order valence-corrected chi connectivity index (χ0v) is 14.8. The first kappa shape index (κ1) is 15.8. The van der Waals surface area contributed by atoms with Crippen molar-refractivity contribution in [3.63, 3.8) is 0 Å². The molecule has 2 aliphatic rings. The molecule has 2 aliphatic heterocycles. The van der Waals surface area contributed by atoms with Gasteiger partial charge in [-0.05, 0) is 25.3 Å². The Morgan fingerprint density at radius 2 is 2.04 bits per heavy atom. The molecule has 1 aromatic carbocycles. The maximum atomic E-state index is 12.1. The van der Waals surface area contributed by atoms with Gasteiger partial charge in [0.05, 0.1) is 10.7 Å². The summed E-state index contributed by atoms with van der Waals surface area (Å²) in [6.45, 7) is 5.00. The van der Waals surface area contributed by atoms with Crippen LogP contribution in [0.2, 0.25) is 0 Å². The minimum Gasteiger partial charge on any atom is -0.350 e. The Morgan fingerprint density at radius 3 is 2.71 bits per heavy atom. The van der Waals surface area contributed by atoms with Crippen LogP contribution in [0.1, 0.15) is 41.4 Å². The Labute approximate surface area is 146 Å². The summed E-state index contributed by atoms with van der Waals surface area (Å²) in [5, 5.41) is 6.61. The minimum absolute atomic E-state index is 0.0626. The van der Waals surface area contributed by atoms with E-state index in [1.54, 1.807) is 11.3 Å². The first-order valence-electron chi connectivity index (χ1n) is 8.64. The third-order valence-electron chi connectivity index (χ3n) is 5.45. The van der Waals surface area contributed by atoms with Gasteiger partial charge in [-0.2, -0.15) is 0 Å². The molecule has 1 spiro atoms. The number of amides is 1. The zero-order valence-electron chi connectivity index (χ0n) is 14.0. The van der Waals surface area contributed by atoms with Gasteiger partial charge in [-0.15, -0.1) is 11.3 Å². The number of carbonyl (C=O) groups excluding carboxylic acids is 1. The van der Waals surface area contributed by atoms with Crippen LogP contribution in [0.25, 0.3) is 0 Å². The maximum Gasteiger partial charge on any atom is 0.221 e. The van der Waals surface area contributed by atoms with E-state index in [0.29, 0.717) is 12.3 Å². The van der Waals surface area contributed by atoms with Crippen molar-refractivity contribution < 1.29 is 4.79 Å². The van der Waals surface area contributed by atoms with E-state index in [1.807, 2.05) is 6.07 Å². The van der Waals surface area contributed by atoms with Crippen LogP contribution >= 0.6 is 11.3 Å². The van der Waals surface area contributed by atoms with Gasteiger partial charge < -0.3 is 5.32 Å². The smallest absolute Gasteiger partial charge is 0.221 e. The van der Waals surface area contributed by atoms with E-state index in [4.69, 9.17) is 0 Å². The molecule has 0 bridgehead atoms. The first-order valence-corrected chi connectivity index (χ1v) is 9.52. The second kappa shape index (κ2) is 6.30. The zero-order chi connectivity index (χ0) is 16.6. The van der Waals surface area contributed by atoms with Gasteiger partial charge in [-0.1, -0.05) is 30.3 Å². The average molecular weight is 341 g/mol. The second-order valence-corrected chi connectivity index (χ2v) is 8.07. The Balaban J connectivity index is 1.47. The summed E-state index contributed by atoms with van der Waals surface area (Å²) >= 11 is 1.71. The van der Waals surface area contributed by atoms with E-state index in [0.717, 1.165) is 37.5 Å². The number of hydrogen-bond acceptors (Lipinski definition) is 4. The van der Waals surface area contributed by atoms with E-state index in [-0.39, 0.29) is 11.4 Å². The molecule has 0 aliphatic carbocycles. The Kier molecular flexibility index (Phi) is 4.14. The number of thiazole rings is 1. The van der Waals surface area contributed by atoms with E-state index in [1.165, 1.54) is 11.3 Å². The number of hydrogen-bond donors (Lipinski definition) is 1. The summed E-state index contributed by atoms with van der Waals surface area (Å²) in [4.78, 5) is 19.2. The van der Waals surface area contributed by atoms with Crippen LogP contribution in [0.5, 0.6) is 0 Å². The standard InChI is InChI=1S/C19H23N3OS/c1-14-20-16(13-24-14)12-22-9-7-19(8-10-22)17(11-18(23)21-19)15-5-3-2-4-6-15/h2-6,13,17H,7-12H2,1H3,(H,21,23)/t17-/m1/s1. The van der Waals surface area contributed by atoms with E-state index < -0.39 is 0 Å². The number of benzene rings is 1. The van der Waals surface area contributed by atoms with Gasteiger partial charge in [0.15, 0.2) is 0 Å². The first-order chi connectivity index (χ1) is 11.6. The highest BCUT2D eigenvalue weighted by atomic mass is 32.1. The molecule has 24 heavy (non-hydrogen) atoms. The Bertz CT molecular complexity index is 719. The van der Waals surface area contributed by atoms with Gasteiger partial charge in [-0.3, -0.25) is 9.69 Å². The third-order valence-corrected chi connectivity index (χ3v) is 6.27. The second-order valence-electron chi connectivity index (χ2n) is 7.01. The van der Waals surface area contributed by atoms with Crippen molar-refractivity contribution in [2.24, 2.45) is 0 Å². The number of nitrogens with one attached hydrogen (secondary N) is 1. The summed E-state index contributed by atoms with van der Waals surface area (Å²) in [7, 11) is 0. The fraction of sp³-hybridized carbons (Fsp3) is 0.474. The van der Waals surface area contributed by atoms with Crippen molar-refractivity contribution in [3.8, 4) is 0 Å². The molecule has 2 saturated heterocycles. The fourth-order valence-corrected chi connectivity index (χ4v) is 4.82. The molecule has 126 valence electrons.